The highest BCUT2D eigenvalue weighted by Crippen LogP contribution is 2.22. The van der Waals surface area contributed by atoms with Crippen LogP contribution in [0.25, 0.3) is 0 Å². The van der Waals surface area contributed by atoms with E-state index >= 15 is 0 Å². The van der Waals surface area contributed by atoms with Gasteiger partial charge in [0, 0.05) is 5.02 Å². The van der Waals surface area contributed by atoms with Crippen LogP contribution in [-0.2, 0) is 16.0 Å². The summed E-state index contributed by atoms with van der Waals surface area (Å²) in [6.07, 6.45) is 0.113. The van der Waals surface area contributed by atoms with Crippen LogP contribution in [0.3, 0.4) is 0 Å². The fourth-order valence-corrected chi connectivity index (χ4v) is 2.12. The number of nitrogen functional groups attached to an aromatic ring is 1. The second-order valence-electron chi connectivity index (χ2n) is 4.61. The van der Waals surface area contributed by atoms with Gasteiger partial charge in [0.2, 0.25) is 5.91 Å². The molecule has 0 bridgehead atoms. The molecule has 0 saturated carbocycles. The van der Waals surface area contributed by atoms with Gasteiger partial charge in [-0.05, 0) is 29.8 Å². The molecule has 5 nitrogen and oxygen atoms in total. The number of amides is 1. The number of nitrogens with two attached hydrogens (primary N) is 1. The molecule has 0 aliphatic carbocycles. The Balaban J connectivity index is 2.14. The van der Waals surface area contributed by atoms with Crippen molar-refractivity contribution in [1.82, 2.24) is 0 Å². The van der Waals surface area contributed by atoms with Crippen molar-refractivity contribution in [2.45, 2.75) is 6.42 Å². The lowest BCUT2D eigenvalue weighted by Gasteiger charge is -2.10. The van der Waals surface area contributed by atoms with Crippen LogP contribution in [0.5, 0.6) is 0 Å². The van der Waals surface area contributed by atoms with Crippen LogP contribution in [0.2, 0.25) is 5.02 Å². The lowest BCUT2D eigenvalue weighted by Crippen LogP contribution is -2.16. The van der Waals surface area contributed by atoms with Gasteiger partial charge in [0.25, 0.3) is 0 Å². The second kappa shape index (κ2) is 6.95. The summed E-state index contributed by atoms with van der Waals surface area (Å²) in [7, 11) is 1.29. The van der Waals surface area contributed by atoms with Crippen molar-refractivity contribution in [1.29, 1.82) is 0 Å². The van der Waals surface area contributed by atoms with Gasteiger partial charge in [-0.3, -0.25) is 4.79 Å². The van der Waals surface area contributed by atoms with E-state index in [1.807, 2.05) is 0 Å². The largest absolute Gasteiger partial charge is 0.465 e. The van der Waals surface area contributed by atoms with Gasteiger partial charge in [0.15, 0.2) is 0 Å². The quantitative estimate of drug-likeness (QED) is 0.671. The first kappa shape index (κ1) is 15.9. The number of rotatable bonds is 4. The van der Waals surface area contributed by atoms with Crippen LogP contribution in [0.4, 0.5) is 11.4 Å². The van der Waals surface area contributed by atoms with Gasteiger partial charge in [0.1, 0.15) is 0 Å². The van der Waals surface area contributed by atoms with Crippen LogP contribution in [0.15, 0.2) is 42.5 Å². The number of halogens is 1. The zero-order valence-electron chi connectivity index (χ0n) is 11.9. The van der Waals surface area contributed by atoms with Crippen LogP contribution in [0.1, 0.15) is 15.9 Å². The lowest BCUT2D eigenvalue weighted by molar-refractivity contribution is -0.115. The molecule has 22 heavy (non-hydrogen) atoms. The molecule has 0 fully saturated rings. The molecule has 2 rings (SSSR count). The smallest absolute Gasteiger partial charge is 0.337 e. The van der Waals surface area contributed by atoms with E-state index in [0.29, 0.717) is 27.5 Å². The van der Waals surface area contributed by atoms with Gasteiger partial charge >= 0.3 is 5.97 Å². The number of hydrogen-bond acceptors (Lipinski definition) is 4. The van der Waals surface area contributed by atoms with Crippen molar-refractivity contribution in [3.8, 4) is 0 Å². The minimum absolute atomic E-state index is 0.113. The average molecular weight is 319 g/mol. The molecule has 0 aliphatic rings. The normalized spacial score (nSPS) is 10.1. The Morgan fingerprint density at radius 3 is 2.64 bits per heavy atom. The van der Waals surface area contributed by atoms with E-state index in [2.05, 4.69) is 10.1 Å². The fourth-order valence-electron chi connectivity index (χ4n) is 1.92. The van der Waals surface area contributed by atoms with Crippen molar-refractivity contribution in [3.05, 3.63) is 58.6 Å². The van der Waals surface area contributed by atoms with Crippen LogP contribution in [-0.4, -0.2) is 19.0 Å². The Hall–Kier alpha value is -2.53. The van der Waals surface area contributed by atoms with Crippen molar-refractivity contribution in [3.63, 3.8) is 0 Å². The van der Waals surface area contributed by atoms with Crippen LogP contribution < -0.4 is 11.1 Å². The number of carbonyl (C=O) groups excluding carboxylic acids is 2. The average Bonchev–Trinajstić information content (AvgIpc) is 2.51. The van der Waals surface area contributed by atoms with E-state index in [-0.39, 0.29) is 12.3 Å². The number of benzene rings is 2. The SMILES string of the molecule is COC(=O)c1ccc(N)c(NC(=O)Cc2ccccc2Cl)c1. The van der Waals surface area contributed by atoms with E-state index in [0.717, 1.165) is 0 Å². The summed E-state index contributed by atoms with van der Waals surface area (Å²) >= 11 is 6.02. The predicted octanol–water partition coefficient (Wildman–Crippen LogP) is 2.89. The first-order valence-electron chi connectivity index (χ1n) is 6.52. The molecule has 2 aromatic carbocycles. The van der Waals surface area contributed by atoms with Crippen LogP contribution >= 0.6 is 11.6 Å². The molecule has 0 heterocycles. The minimum Gasteiger partial charge on any atom is -0.465 e. The molecule has 3 N–H and O–H groups in total. The molecule has 114 valence electrons. The molecule has 0 atom stereocenters. The molecular weight excluding hydrogens is 304 g/mol. The first-order chi connectivity index (χ1) is 10.5. The maximum Gasteiger partial charge on any atom is 0.337 e. The molecule has 0 radical (unpaired) electrons. The molecule has 0 spiro atoms. The monoisotopic (exact) mass is 318 g/mol. The molecule has 6 heteroatoms. The minimum atomic E-state index is -0.499. The van der Waals surface area contributed by atoms with E-state index in [1.165, 1.54) is 25.3 Å². The number of nitrogens with one attached hydrogen (secondary N) is 1. The third kappa shape index (κ3) is 3.77. The molecule has 0 aromatic heterocycles. The molecule has 2 aromatic rings. The Labute approximate surface area is 133 Å². The van der Waals surface area contributed by atoms with E-state index < -0.39 is 5.97 Å². The maximum atomic E-state index is 12.1. The Kier molecular flexibility index (Phi) is 5.01. The van der Waals surface area contributed by atoms with Gasteiger partial charge in [-0.25, -0.2) is 4.79 Å². The van der Waals surface area contributed by atoms with Gasteiger partial charge in [-0.1, -0.05) is 29.8 Å². The van der Waals surface area contributed by atoms with Crippen LogP contribution in [0, 0.1) is 0 Å². The highest BCUT2D eigenvalue weighted by Gasteiger charge is 2.12. The van der Waals surface area contributed by atoms with E-state index in [1.54, 1.807) is 24.3 Å². The highest BCUT2D eigenvalue weighted by molar-refractivity contribution is 6.31. The topological polar surface area (TPSA) is 81.4 Å². The third-order valence-corrected chi connectivity index (χ3v) is 3.43. The van der Waals surface area contributed by atoms with Crippen molar-refractivity contribution >= 4 is 34.9 Å². The fraction of sp³-hybridized carbons (Fsp3) is 0.125. The van der Waals surface area contributed by atoms with Gasteiger partial charge in [-0.15, -0.1) is 0 Å². The summed E-state index contributed by atoms with van der Waals surface area (Å²) in [5, 5.41) is 3.20. The zero-order chi connectivity index (χ0) is 16.1. The number of ether oxygens (including phenoxy) is 1. The number of carbonyl (C=O) groups is 2. The Bertz CT molecular complexity index is 716. The molecular formula is C16H15ClN2O3. The van der Waals surface area contributed by atoms with E-state index in [4.69, 9.17) is 17.3 Å². The second-order valence-corrected chi connectivity index (χ2v) is 5.02. The van der Waals surface area contributed by atoms with Gasteiger partial charge < -0.3 is 15.8 Å². The summed E-state index contributed by atoms with van der Waals surface area (Å²) in [5.74, 6) is -0.775. The summed E-state index contributed by atoms with van der Waals surface area (Å²) in [6.45, 7) is 0. The highest BCUT2D eigenvalue weighted by atomic mass is 35.5. The number of esters is 1. The number of methoxy groups -OCH3 is 1. The summed E-state index contributed by atoms with van der Waals surface area (Å²) < 4.78 is 4.64. The maximum absolute atomic E-state index is 12.1. The third-order valence-electron chi connectivity index (χ3n) is 3.06. The summed E-state index contributed by atoms with van der Waals surface area (Å²) in [6, 6.07) is 11.6. The summed E-state index contributed by atoms with van der Waals surface area (Å²) in [4.78, 5) is 23.6. The Morgan fingerprint density at radius 1 is 1.23 bits per heavy atom. The molecule has 0 saturated heterocycles. The number of anilines is 2. The zero-order valence-corrected chi connectivity index (χ0v) is 12.7. The van der Waals surface area contributed by atoms with E-state index in [9.17, 15) is 9.59 Å². The van der Waals surface area contributed by atoms with Crippen molar-refractivity contribution in [2.24, 2.45) is 0 Å². The standard InChI is InChI=1S/C16H15ClN2O3/c1-22-16(21)11-6-7-13(18)14(8-11)19-15(20)9-10-4-2-3-5-12(10)17/h2-8H,9,18H2,1H3,(H,19,20). The molecule has 0 unspecified atom stereocenters. The predicted molar refractivity (Wildman–Crippen MR) is 86.0 cm³/mol. The molecule has 1 amide bonds. The first-order valence-corrected chi connectivity index (χ1v) is 6.90. The van der Waals surface area contributed by atoms with Gasteiger partial charge in [0.05, 0.1) is 30.5 Å². The summed E-state index contributed by atoms with van der Waals surface area (Å²) in [5.41, 5.74) is 7.55. The van der Waals surface area contributed by atoms with Crippen molar-refractivity contribution < 1.29 is 14.3 Å². The van der Waals surface area contributed by atoms with Gasteiger partial charge in [-0.2, -0.15) is 0 Å². The van der Waals surface area contributed by atoms with Crippen molar-refractivity contribution in [2.75, 3.05) is 18.2 Å². The molecule has 0 aliphatic heterocycles. The number of hydrogen-bond donors (Lipinski definition) is 2. The lowest BCUT2D eigenvalue weighted by atomic mass is 10.1. The Morgan fingerprint density at radius 2 is 1.95 bits per heavy atom.